The molecular weight excluding hydrogens is 244 g/mol. The zero-order valence-electron chi connectivity index (χ0n) is 11.5. The standard InChI is InChI=1S/C14H24N2O3/c1-18-8-6-15-9-13(17)10-16(12-4-5-12)11-14-3-2-7-19-14/h2-3,7,12-13,15,17H,4-6,8-11H2,1H3. The van der Waals surface area contributed by atoms with Gasteiger partial charge in [0.2, 0.25) is 0 Å². The smallest absolute Gasteiger partial charge is 0.117 e. The minimum atomic E-state index is -0.354. The summed E-state index contributed by atoms with van der Waals surface area (Å²) in [5.41, 5.74) is 0. The molecule has 1 unspecified atom stereocenters. The Morgan fingerprint density at radius 2 is 2.42 bits per heavy atom. The van der Waals surface area contributed by atoms with Crippen molar-refractivity contribution in [2.75, 3.05) is 33.4 Å². The fourth-order valence-corrected chi connectivity index (χ4v) is 2.16. The Morgan fingerprint density at radius 1 is 1.58 bits per heavy atom. The van der Waals surface area contributed by atoms with Gasteiger partial charge in [0.1, 0.15) is 5.76 Å². The molecule has 1 aliphatic carbocycles. The van der Waals surface area contributed by atoms with Crippen LogP contribution in [0.15, 0.2) is 22.8 Å². The molecule has 2 N–H and O–H groups in total. The van der Waals surface area contributed by atoms with Gasteiger partial charge in [0, 0.05) is 32.8 Å². The molecule has 0 aliphatic heterocycles. The number of ether oxygens (including phenoxy) is 1. The molecule has 1 saturated carbocycles. The van der Waals surface area contributed by atoms with E-state index in [1.807, 2.05) is 12.1 Å². The summed E-state index contributed by atoms with van der Waals surface area (Å²) >= 11 is 0. The van der Waals surface area contributed by atoms with E-state index in [0.29, 0.717) is 25.7 Å². The van der Waals surface area contributed by atoms with Gasteiger partial charge >= 0.3 is 0 Å². The highest BCUT2D eigenvalue weighted by molar-refractivity contribution is 5.00. The van der Waals surface area contributed by atoms with Crippen LogP contribution in [0, 0.1) is 0 Å². The highest BCUT2D eigenvalue weighted by atomic mass is 16.5. The molecular formula is C14H24N2O3. The molecule has 19 heavy (non-hydrogen) atoms. The van der Waals surface area contributed by atoms with Crippen LogP contribution in [0.2, 0.25) is 0 Å². The van der Waals surface area contributed by atoms with Crippen molar-refractivity contribution in [1.29, 1.82) is 0 Å². The lowest BCUT2D eigenvalue weighted by Crippen LogP contribution is -2.39. The first-order valence-electron chi connectivity index (χ1n) is 6.93. The van der Waals surface area contributed by atoms with E-state index in [4.69, 9.17) is 9.15 Å². The number of hydrogen-bond acceptors (Lipinski definition) is 5. The quantitative estimate of drug-likeness (QED) is 0.616. The van der Waals surface area contributed by atoms with E-state index in [0.717, 1.165) is 18.8 Å². The Morgan fingerprint density at radius 3 is 3.05 bits per heavy atom. The summed E-state index contributed by atoms with van der Waals surface area (Å²) in [5.74, 6) is 0.964. The van der Waals surface area contributed by atoms with Crippen LogP contribution in [0.4, 0.5) is 0 Å². The van der Waals surface area contributed by atoms with Gasteiger partial charge in [0.05, 0.1) is 25.5 Å². The number of nitrogens with zero attached hydrogens (tertiary/aromatic N) is 1. The monoisotopic (exact) mass is 268 g/mol. The summed E-state index contributed by atoms with van der Waals surface area (Å²) in [5, 5.41) is 13.2. The van der Waals surface area contributed by atoms with Gasteiger partial charge in [-0.3, -0.25) is 4.90 Å². The van der Waals surface area contributed by atoms with Crippen LogP contribution in [0.3, 0.4) is 0 Å². The molecule has 1 aromatic heterocycles. The topological polar surface area (TPSA) is 57.9 Å². The Labute approximate surface area is 114 Å². The average Bonchev–Trinajstić information content (AvgIpc) is 3.13. The minimum absolute atomic E-state index is 0.354. The Kier molecular flexibility index (Phi) is 5.85. The molecule has 108 valence electrons. The van der Waals surface area contributed by atoms with E-state index < -0.39 is 0 Å². The van der Waals surface area contributed by atoms with Crippen LogP contribution in [-0.4, -0.2) is 55.5 Å². The summed E-state index contributed by atoms with van der Waals surface area (Å²) in [6.07, 6.45) is 3.80. The number of furan rings is 1. The van der Waals surface area contributed by atoms with Gasteiger partial charge in [-0.25, -0.2) is 0 Å². The van der Waals surface area contributed by atoms with Crippen molar-refractivity contribution in [3.8, 4) is 0 Å². The molecule has 0 saturated heterocycles. The van der Waals surface area contributed by atoms with Crippen molar-refractivity contribution >= 4 is 0 Å². The van der Waals surface area contributed by atoms with E-state index in [2.05, 4.69) is 10.2 Å². The number of hydrogen-bond donors (Lipinski definition) is 2. The zero-order valence-corrected chi connectivity index (χ0v) is 11.5. The predicted octanol–water partition coefficient (Wildman–Crippen LogP) is 0.841. The van der Waals surface area contributed by atoms with Crippen LogP contribution < -0.4 is 5.32 Å². The first-order chi connectivity index (χ1) is 9.29. The second kappa shape index (κ2) is 7.65. The van der Waals surface area contributed by atoms with Gasteiger partial charge in [-0.05, 0) is 25.0 Å². The van der Waals surface area contributed by atoms with Gasteiger partial charge in [-0.1, -0.05) is 0 Å². The van der Waals surface area contributed by atoms with Crippen molar-refractivity contribution in [3.63, 3.8) is 0 Å². The third kappa shape index (κ3) is 5.32. The van der Waals surface area contributed by atoms with Gasteiger partial charge in [0.25, 0.3) is 0 Å². The average molecular weight is 268 g/mol. The summed E-state index contributed by atoms with van der Waals surface area (Å²) in [7, 11) is 1.68. The van der Waals surface area contributed by atoms with Crippen molar-refractivity contribution in [1.82, 2.24) is 10.2 Å². The van der Waals surface area contributed by atoms with Crippen molar-refractivity contribution in [3.05, 3.63) is 24.2 Å². The second-order valence-corrected chi connectivity index (χ2v) is 5.09. The Hall–Kier alpha value is -0.880. The van der Waals surface area contributed by atoms with Crippen LogP contribution >= 0.6 is 0 Å². The fraction of sp³-hybridized carbons (Fsp3) is 0.714. The largest absolute Gasteiger partial charge is 0.468 e. The molecule has 1 aliphatic rings. The lowest BCUT2D eigenvalue weighted by molar-refractivity contribution is 0.0966. The number of aliphatic hydroxyl groups excluding tert-OH is 1. The maximum Gasteiger partial charge on any atom is 0.117 e. The lowest BCUT2D eigenvalue weighted by atomic mass is 10.3. The first kappa shape index (κ1) is 14.5. The number of aliphatic hydroxyl groups is 1. The molecule has 1 atom stereocenters. The molecule has 2 rings (SSSR count). The van der Waals surface area contributed by atoms with Crippen LogP contribution in [0.1, 0.15) is 18.6 Å². The molecule has 0 aromatic carbocycles. The molecule has 1 fully saturated rings. The first-order valence-corrected chi connectivity index (χ1v) is 6.93. The predicted molar refractivity (Wildman–Crippen MR) is 72.9 cm³/mol. The van der Waals surface area contributed by atoms with Gasteiger partial charge < -0.3 is 19.6 Å². The highest BCUT2D eigenvalue weighted by Gasteiger charge is 2.30. The van der Waals surface area contributed by atoms with Crippen molar-refractivity contribution in [2.45, 2.75) is 31.5 Å². The second-order valence-electron chi connectivity index (χ2n) is 5.09. The molecule has 1 aromatic rings. The Balaban J connectivity index is 1.70. The van der Waals surface area contributed by atoms with Gasteiger partial charge in [-0.2, -0.15) is 0 Å². The lowest BCUT2D eigenvalue weighted by Gasteiger charge is -2.24. The third-order valence-corrected chi connectivity index (χ3v) is 3.31. The van der Waals surface area contributed by atoms with Crippen LogP contribution in [0.25, 0.3) is 0 Å². The van der Waals surface area contributed by atoms with E-state index in [1.54, 1.807) is 13.4 Å². The maximum absolute atomic E-state index is 10.0. The molecule has 0 radical (unpaired) electrons. The molecule has 1 heterocycles. The van der Waals surface area contributed by atoms with Crippen molar-refractivity contribution in [2.24, 2.45) is 0 Å². The SMILES string of the molecule is COCCNCC(O)CN(Cc1ccco1)C1CC1. The summed E-state index contributed by atoms with van der Waals surface area (Å²) in [4.78, 5) is 2.31. The molecule has 0 bridgehead atoms. The number of nitrogens with one attached hydrogen (secondary N) is 1. The van der Waals surface area contributed by atoms with Crippen LogP contribution in [-0.2, 0) is 11.3 Å². The summed E-state index contributed by atoms with van der Waals surface area (Å²) in [6, 6.07) is 4.50. The summed E-state index contributed by atoms with van der Waals surface area (Å²) in [6.45, 7) is 3.52. The Bertz CT molecular complexity index is 338. The normalized spacial score (nSPS) is 17.0. The third-order valence-electron chi connectivity index (χ3n) is 3.31. The molecule has 0 amide bonds. The fourth-order valence-electron chi connectivity index (χ4n) is 2.16. The van der Waals surface area contributed by atoms with E-state index >= 15 is 0 Å². The maximum atomic E-state index is 10.0. The highest BCUT2D eigenvalue weighted by Crippen LogP contribution is 2.28. The van der Waals surface area contributed by atoms with E-state index in [1.165, 1.54) is 12.8 Å². The van der Waals surface area contributed by atoms with E-state index in [-0.39, 0.29) is 6.10 Å². The van der Waals surface area contributed by atoms with Gasteiger partial charge in [0.15, 0.2) is 0 Å². The minimum Gasteiger partial charge on any atom is -0.468 e. The molecule has 5 heteroatoms. The van der Waals surface area contributed by atoms with E-state index in [9.17, 15) is 5.11 Å². The van der Waals surface area contributed by atoms with Gasteiger partial charge in [-0.15, -0.1) is 0 Å². The number of rotatable bonds is 10. The zero-order chi connectivity index (χ0) is 13.5. The number of methoxy groups -OCH3 is 1. The summed E-state index contributed by atoms with van der Waals surface area (Å²) < 4.78 is 10.3. The van der Waals surface area contributed by atoms with Crippen molar-refractivity contribution < 1.29 is 14.3 Å². The van der Waals surface area contributed by atoms with Crippen LogP contribution in [0.5, 0.6) is 0 Å². The molecule has 0 spiro atoms. The molecule has 5 nitrogen and oxygen atoms in total.